The highest BCUT2D eigenvalue weighted by Crippen LogP contribution is 2.45. The average Bonchev–Trinajstić information content (AvgIpc) is 3.21. The number of hydrogen-bond donors (Lipinski definition) is 1. The fourth-order valence-electron chi connectivity index (χ4n) is 4.21. The molecule has 1 fully saturated rings. The molecule has 3 heterocycles. The number of rotatable bonds is 4. The van der Waals surface area contributed by atoms with E-state index in [4.69, 9.17) is 9.47 Å². The second-order valence-electron chi connectivity index (χ2n) is 6.52. The topological polar surface area (TPSA) is 30.5 Å². The van der Waals surface area contributed by atoms with Crippen molar-refractivity contribution >= 4 is 0 Å². The lowest BCUT2D eigenvalue weighted by molar-refractivity contribution is 0.351. The first-order valence-electron chi connectivity index (χ1n) is 8.57. The van der Waals surface area contributed by atoms with E-state index in [1.54, 1.807) is 0 Å². The zero-order valence-electron chi connectivity index (χ0n) is 13.0. The molecule has 0 radical (unpaired) electrons. The van der Waals surface area contributed by atoms with Crippen molar-refractivity contribution < 1.29 is 9.47 Å². The molecule has 21 heavy (non-hydrogen) atoms. The Morgan fingerprint density at radius 3 is 2.43 bits per heavy atom. The summed E-state index contributed by atoms with van der Waals surface area (Å²) in [6.07, 6.45) is 8.13. The second kappa shape index (κ2) is 5.53. The Balaban J connectivity index is 1.79. The molecule has 0 spiro atoms. The predicted octanol–water partition coefficient (Wildman–Crippen LogP) is 2.80. The predicted molar refractivity (Wildman–Crippen MR) is 83.6 cm³/mol. The minimum atomic E-state index is 0.625. The molecule has 114 valence electrons. The van der Waals surface area contributed by atoms with Gasteiger partial charge >= 0.3 is 0 Å². The summed E-state index contributed by atoms with van der Waals surface area (Å²) in [4.78, 5) is 0. The number of benzene rings is 1. The van der Waals surface area contributed by atoms with Crippen molar-refractivity contribution in [2.45, 2.75) is 57.9 Å². The molecule has 3 nitrogen and oxygen atoms in total. The smallest absolute Gasteiger partial charge is 0.126 e. The summed E-state index contributed by atoms with van der Waals surface area (Å²) in [5.41, 5.74) is 5.80. The monoisotopic (exact) mass is 287 g/mol. The number of fused-ring (bicyclic) bond motifs is 2. The molecular formula is C18H25NO2. The van der Waals surface area contributed by atoms with E-state index in [9.17, 15) is 0 Å². The molecule has 0 aliphatic carbocycles. The van der Waals surface area contributed by atoms with Crippen LogP contribution in [0.2, 0.25) is 0 Å². The zero-order chi connectivity index (χ0) is 14.2. The van der Waals surface area contributed by atoms with E-state index in [-0.39, 0.29) is 0 Å². The Morgan fingerprint density at radius 1 is 1.05 bits per heavy atom. The highest BCUT2D eigenvalue weighted by atomic mass is 16.5. The number of ether oxygens (including phenoxy) is 2. The summed E-state index contributed by atoms with van der Waals surface area (Å²) in [5.74, 6) is 2.44. The fourth-order valence-corrected chi connectivity index (χ4v) is 4.21. The maximum atomic E-state index is 6.07. The van der Waals surface area contributed by atoms with Gasteiger partial charge in [-0.05, 0) is 32.2 Å². The van der Waals surface area contributed by atoms with E-state index in [0.29, 0.717) is 6.04 Å². The SMILES string of the molecule is CCCc1c2c(c(CC3CCCN3)c3c1OCC3)OCC2. The molecule has 1 aromatic rings. The van der Waals surface area contributed by atoms with Crippen molar-refractivity contribution in [1.82, 2.24) is 5.32 Å². The van der Waals surface area contributed by atoms with Crippen LogP contribution in [-0.2, 0) is 25.7 Å². The van der Waals surface area contributed by atoms with Crippen LogP contribution in [0.4, 0.5) is 0 Å². The van der Waals surface area contributed by atoms with Gasteiger partial charge in [0.2, 0.25) is 0 Å². The van der Waals surface area contributed by atoms with Gasteiger partial charge in [0.25, 0.3) is 0 Å². The minimum absolute atomic E-state index is 0.625. The van der Waals surface area contributed by atoms with Gasteiger partial charge in [-0.1, -0.05) is 13.3 Å². The Morgan fingerprint density at radius 2 is 1.76 bits per heavy atom. The van der Waals surface area contributed by atoms with E-state index >= 15 is 0 Å². The molecule has 1 atom stereocenters. The van der Waals surface area contributed by atoms with Gasteiger partial charge in [0.05, 0.1) is 13.2 Å². The lowest BCUT2D eigenvalue weighted by Gasteiger charge is -2.19. The van der Waals surface area contributed by atoms with E-state index in [1.165, 1.54) is 59.6 Å². The van der Waals surface area contributed by atoms with Crippen molar-refractivity contribution in [2.24, 2.45) is 0 Å². The lowest BCUT2D eigenvalue weighted by Crippen LogP contribution is -2.24. The van der Waals surface area contributed by atoms with E-state index in [0.717, 1.165) is 38.9 Å². The average molecular weight is 287 g/mol. The molecule has 3 heteroatoms. The number of nitrogens with one attached hydrogen (secondary N) is 1. The van der Waals surface area contributed by atoms with Gasteiger partial charge in [-0.15, -0.1) is 0 Å². The summed E-state index contributed by atoms with van der Waals surface area (Å²) in [6, 6.07) is 0.625. The van der Waals surface area contributed by atoms with Crippen molar-refractivity contribution in [3.63, 3.8) is 0 Å². The molecular weight excluding hydrogens is 262 g/mol. The van der Waals surface area contributed by atoms with Gasteiger partial charge in [-0.2, -0.15) is 0 Å². The third kappa shape index (κ3) is 2.22. The molecule has 1 N–H and O–H groups in total. The molecule has 1 unspecified atom stereocenters. The second-order valence-corrected chi connectivity index (χ2v) is 6.52. The van der Waals surface area contributed by atoms with Crippen LogP contribution in [0.1, 0.15) is 48.4 Å². The Kier molecular flexibility index (Phi) is 3.54. The van der Waals surface area contributed by atoms with E-state index in [1.807, 2.05) is 0 Å². The van der Waals surface area contributed by atoms with Crippen LogP contribution in [0, 0.1) is 0 Å². The summed E-state index contributed by atoms with van der Waals surface area (Å²) in [5, 5.41) is 3.63. The first-order valence-corrected chi connectivity index (χ1v) is 8.57. The maximum absolute atomic E-state index is 6.07. The van der Waals surface area contributed by atoms with Crippen molar-refractivity contribution in [3.05, 3.63) is 22.3 Å². The van der Waals surface area contributed by atoms with Crippen LogP contribution in [0.15, 0.2) is 0 Å². The van der Waals surface area contributed by atoms with Gasteiger partial charge < -0.3 is 14.8 Å². The fraction of sp³-hybridized carbons (Fsp3) is 0.667. The molecule has 0 aromatic heterocycles. The van der Waals surface area contributed by atoms with Gasteiger partial charge in [-0.3, -0.25) is 0 Å². The third-order valence-electron chi connectivity index (χ3n) is 5.13. The maximum Gasteiger partial charge on any atom is 0.126 e. The number of hydrogen-bond acceptors (Lipinski definition) is 3. The normalized spacial score (nSPS) is 22.8. The minimum Gasteiger partial charge on any atom is -0.493 e. The first-order chi connectivity index (χ1) is 10.4. The first kappa shape index (κ1) is 13.4. The molecule has 3 aliphatic rings. The molecule has 0 saturated carbocycles. The lowest BCUT2D eigenvalue weighted by atomic mass is 9.89. The Labute approximate surface area is 127 Å². The quantitative estimate of drug-likeness (QED) is 0.923. The Hall–Kier alpha value is -1.22. The van der Waals surface area contributed by atoms with Crippen LogP contribution in [0.25, 0.3) is 0 Å². The molecule has 0 bridgehead atoms. The highest BCUT2D eigenvalue weighted by molar-refractivity contribution is 5.62. The van der Waals surface area contributed by atoms with Crippen LogP contribution >= 0.6 is 0 Å². The molecule has 3 aliphatic heterocycles. The summed E-state index contributed by atoms with van der Waals surface area (Å²) in [6.45, 7) is 5.11. The summed E-state index contributed by atoms with van der Waals surface area (Å²) < 4.78 is 12.1. The molecule has 4 rings (SSSR count). The Bertz CT molecular complexity index is 512. The zero-order valence-corrected chi connectivity index (χ0v) is 13.0. The molecule has 0 amide bonds. The van der Waals surface area contributed by atoms with Crippen molar-refractivity contribution in [2.75, 3.05) is 19.8 Å². The van der Waals surface area contributed by atoms with Gasteiger partial charge in [-0.25, -0.2) is 0 Å². The largest absolute Gasteiger partial charge is 0.493 e. The van der Waals surface area contributed by atoms with Crippen molar-refractivity contribution in [1.29, 1.82) is 0 Å². The van der Waals surface area contributed by atoms with E-state index in [2.05, 4.69) is 12.2 Å². The van der Waals surface area contributed by atoms with Gasteiger partial charge in [0.1, 0.15) is 11.5 Å². The molecule has 1 saturated heterocycles. The van der Waals surface area contributed by atoms with Crippen LogP contribution < -0.4 is 14.8 Å². The third-order valence-corrected chi connectivity index (χ3v) is 5.13. The molecule has 1 aromatic carbocycles. The van der Waals surface area contributed by atoms with Crippen LogP contribution in [0.5, 0.6) is 11.5 Å². The standard InChI is InChI=1S/C18H25NO2/c1-2-4-13-14-6-9-21-18(14)16(11-12-5-3-8-19-12)15-7-10-20-17(13)15/h12,19H,2-11H2,1H3. The highest BCUT2D eigenvalue weighted by Gasteiger charge is 2.32. The van der Waals surface area contributed by atoms with Crippen LogP contribution in [-0.4, -0.2) is 25.8 Å². The van der Waals surface area contributed by atoms with Crippen LogP contribution in [0.3, 0.4) is 0 Å². The van der Waals surface area contributed by atoms with Crippen molar-refractivity contribution in [3.8, 4) is 11.5 Å². The summed E-state index contributed by atoms with van der Waals surface area (Å²) >= 11 is 0. The summed E-state index contributed by atoms with van der Waals surface area (Å²) in [7, 11) is 0. The van der Waals surface area contributed by atoms with Gasteiger partial charge in [0.15, 0.2) is 0 Å². The van der Waals surface area contributed by atoms with Gasteiger partial charge in [0, 0.05) is 41.1 Å². The van der Waals surface area contributed by atoms with E-state index < -0.39 is 0 Å².